The van der Waals surface area contributed by atoms with Gasteiger partial charge in [0.2, 0.25) is 0 Å². The molecular weight excluding hydrogens is 198 g/mol. The van der Waals surface area contributed by atoms with Gasteiger partial charge in [-0.1, -0.05) is 37.6 Å². The van der Waals surface area contributed by atoms with Crippen molar-refractivity contribution in [3.8, 4) is 0 Å². The molecule has 0 aliphatic carbocycles. The molecule has 0 fully saturated rings. The first-order chi connectivity index (χ1) is 7.65. The van der Waals surface area contributed by atoms with Gasteiger partial charge in [0.1, 0.15) is 0 Å². The molecule has 0 aliphatic rings. The summed E-state index contributed by atoms with van der Waals surface area (Å²) in [5.41, 5.74) is 2.20. The second-order valence-corrected chi connectivity index (χ2v) is 3.96. The lowest BCUT2D eigenvalue weighted by Gasteiger charge is -2.24. The van der Waals surface area contributed by atoms with Gasteiger partial charge < -0.3 is 10.0 Å². The van der Waals surface area contributed by atoms with Gasteiger partial charge in [-0.2, -0.15) is 0 Å². The molecule has 0 bridgehead atoms. The van der Waals surface area contributed by atoms with Crippen LogP contribution in [0.15, 0.2) is 36.1 Å². The molecule has 0 aliphatic heterocycles. The van der Waals surface area contributed by atoms with Gasteiger partial charge in [-0.15, -0.1) is 0 Å². The zero-order valence-electron chi connectivity index (χ0n) is 10.9. The van der Waals surface area contributed by atoms with Crippen LogP contribution in [0.3, 0.4) is 0 Å². The highest BCUT2D eigenvalue weighted by Crippen LogP contribution is 2.09. The average molecular weight is 223 g/mol. The fourth-order valence-corrected chi connectivity index (χ4v) is 1.45. The average Bonchev–Trinajstić information content (AvgIpc) is 2.26. The quantitative estimate of drug-likeness (QED) is 0.639. The lowest BCUT2D eigenvalue weighted by Crippen LogP contribution is -2.26. The van der Waals surface area contributed by atoms with Crippen LogP contribution in [0.25, 0.3) is 0 Å². The van der Waals surface area contributed by atoms with E-state index in [4.69, 9.17) is 5.11 Å². The van der Waals surface area contributed by atoms with Crippen molar-refractivity contribution in [3.05, 3.63) is 36.1 Å². The monoisotopic (exact) mass is 223 g/mol. The number of rotatable bonds is 8. The fraction of sp³-hybridized carbons (Fsp3) is 0.571. The van der Waals surface area contributed by atoms with Gasteiger partial charge in [-0.25, -0.2) is 0 Å². The molecule has 0 amide bonds. The minimum Gasteiger partial charge on any atom is -0.395 e. The standard InChI is InChI=1S/C14H25NO/c1-5-7-10-15(11-12-16)14(6-2)9-8-13(3)4/h6,8-9,16H,3,5,7,10-12H2,1-2,4H3/b9-8-,14-6+. The molecule has 1 N–H and O–H groups in total. The second-order valence-electron chi connectivity index (χ2n) is 3.96. The minimum atomic E-state index is 0.196. The number of aliphatic hydroxyl groups excluding tert-OH is 1. The SMILES string of the molecule is C=C(C)/C=C\C(=C/C)N(CCO)CCCC. The van der Waals surface area contributed by atoms with Crippen LogP contribution in [0.1, 0.15) is 33.6 Å². The maximum atomic E-state index is 9.05. The van der Waals surface area contributed by atoms with E-state index in [9.17, 15) is 0 Å². The number of nitrogens with zero attached hydrogens (tertiary/aromatic N) is 1. The molecule has 2 heteroatoms. The van der Waals surface area contributed by atoms with E-state index in [1.807, 2.05) is 19.9 Å². The smallest absolute Gasteiger partial charge is 0.0606 e. The van der Waals surface area contributed by atoms with Crippen molar-refractivity contribution in [2.75, 3.05) is 19.7 Å². The first-order valence-corrected chi connectivity index (χ1v) is 6.01. The van der Waals surface area contributed by atoms with Crippen molar-refractivity contribution in [2.24, 2.45) is 0 Å². The zero-order chi connectivity index (χ0) is 12.4. The third-order valence-electron chi connectivity index (χ3n) is 2.35. The Morgan fingerprint density at radius 1 is 1.31 bits per heavy atom. The molecule has 0 heterocycles. The summed E-state index contributed by atoms with van der Waals surface area (Å²) in [7, 11) is 0. The number of allylic oxidation sites excluding steroid dienone is 4. The van der Waals surface area contributed by atoms with Gasteiger partial charge in [0.25, 0.3) is 0 Å². The summed E-state index contributed by atoms with van der Waals surface area (Å²) in [6.45, 7) is 11.9. The molecule has 0 aromatic carbocycles. The molecule has 0 radical (unpaired) electrons. The van der Waals surface area contributed by atoms with Crippen molar-refractivity contribution in [1.29, 1.82) is 0 Å². The largest absolute Gasteiger partial charge is 0.395 e. The Balaban J connectivity index is 4.51. The summed E-state index contributed by atoms with van der Waals surface area (Å²) in [5, 5.41) is 9.05. The van der Waals surface area contributed by atoms with Gasteiger partial charge in [0.15, 0.2) is 0 Å². The summed E-state index contributed by atoms with van der Waals surface area (Å²) in [6.07, 6.45) is 8.46. The Kier molecular flexibility index (Phi) is 8.64. The molecule has 92 valence electrons. The highest BCUT2D eigenvalue weighted by atomic mass is 16.3. The maximum absolute atomic E-state index is 9.05. The molecule has 0 saturated heterocycles. The molecule has 16 heavy (non-hydrogen) atoms. The zero-order valence-corrected chi connectivity index (χ0v) is 10.9. The molecule has 2 nitrogen and oxygen atoms in total. The Bertz CT molecular complexity index is 253. The second kappa shape index (κ2) is 9.22. The number of hydrogen-bond donors (Lipinski definition) is 1. The molecule has 0 spiro atoms. The molecule has 0 unspecified atom stereocenters. The van der Waals surface area contributed by atoms with Gasteiger partial charge in [-0.05, 0) is 26.3 Å². The summed E-state index contributed by atoms with van der Waals surface area (Å²) < 4.78 is 0. The minimum absolute atomic E-state index is 0.196. The molecule has 0 aromatic rings. The van der Waals surface area contributed by atoms with E-state index in [0.29, 0.717) is 6.54 Å². The van der Waals surface area contributed by atoms with Crippen molar-refractivity contribution in [3.63, 3.8) is 0 Å². The lowest BCUT2D eigenvalue weighted by molar-refractivity contribution is 0.228. The van der Waals surface area contributed by atoms with E-state index < -0.39 is 0 Å². The van der Waals surface area contributed by atoms with Crippen LogP contribution in [0.5, 0.6) is 0 Å². The highest BCUT2D eigenvalue weighted by Gasteiger charge is 2.04. The van der Waals surface area contributed by atoms with Gasteiger partial charge in [0.05, 0.1) is 6.61 Å². The third-order valence-corrected chi connectivity index (χ3v) is 2.35. The molecule has 0 rings (SSSR count). The van der Waals surface area contributed by atoms with Gasteiger partial charge >= 0.3 is 0 Å². The predicted molar refractivity (Wildman–Crippen MR) is 71.3 cm³/mol. The lowest BCUT2D eigenvalue weighted by atomic mass is 10.2. The van der Waals surface area contributed by atoms with Crippen LogP contribution in [0.4, 0.5) is 0 Å². The fourth-order valence-electron chi connectivity index (χ4n) is 1.45. The molecule has 0 atom stereocenters. The van der Waals surface area contributed by atoms with Crippen LogP contribution < -0.4 is 0 Å². The van der Waals surface area contributed by atoms with Gasteiger partial charge in [0, 0.05) is 18.8 Å². The van der Waals surface area contributed by atoms with E-state index in [2.05, 4.69) is 30.6 Å². The number of hydrogen-bond acceptors (Lipinski definition) is 2. The summed E-state index contributed by atoms with van der Waals surface area (Å²) in [5.74, 6) is 0. The van der Waals surface area contributed by atoms with E-state index in [-0.39, 0.29) is 6.61 Å². The first-order valence-electron chi connectivity index (χ1n) is 6.01. The summed E-state index contributed by atoms with van der Waals surface area (Å²) >= 11 is 0. The van der Waals surface area contributed by atoms with Crippen LogP contribution in [0, 0.1) is 0 Å². The van der Waals surface area contributed by atoms with E-state index in [0.717, 1.165) is 24.2 Å². The molecule has 0 saturated carbocycles. The normalized spacial score (nSPS) is 12.1. The van der Waals surface area contributed by atoms with Crippen molar-refractivity contribution in [1.82, 2.24) is 4.90 Å². The summed E-state index contributed by atoms with van der Waals surface area (Å²) in [4.78, 5) is 2.21. The van der Waals surface area contributed by atoms with E-state index >= 15 is 0 Å². The van der Waals surface area contributed by atoms with Crippen molar-refractivity contribution < 1.29 is 5.11 Å². The Morgan fingerprint density at radius 3 is 2.44 bits per heavy atom. The summed E-state index contributed by atoms with van der Waals surface area (Å²) in [6, 6.07) is 0. The Labute approximate surface area is 100.0 Å². The molecule has 0 aromatic heterocycles. The number of aliphatic hydroxyl groups is 1. The predicted octanol–water partition coefficient (Wildman–Crippen LogP) is 3.12. The van der Waals surface area contributed by atoms with Crippen LogP contribution in [-0.4, -0.2) is 29.7 Å². The van der Waals surface area contributed by atoms with Crippen LogP contribution in [-0.2, 0) is 0 Å². The number of unbranched alkanes of at least 4 members (excludes halogenated alkanes) is 1. The van der Waals surface area contributed by atoms with Crippen LogP contribution in [0.2, 0.25) is 0 Å². The maximum Gasteiger partial charge on any atom is 0.0606 e. The van der Waals surface area contributed by atoms with E-state index in [1.165, 1.54) is 6.42 Å². The van der Waals surface area contributed by atoms with Crippen molar-refractivity contribution in [2.45, 2.75) is 33.6 Å². The van der Waals surface area contributed by atoms with Gasteiger partial charge in [-0.3, -0.25) is 0 Å². The highest BCUT2D eigenvalue weighted by molar-refractivity contribution is 5.24. The topological polar surface area (TPSA) is 23.5 Å². The Hall–Kier alpha value is -1.02. The Morgan fingerprint density at radius 2 is 2.00 bits per heavy atom. The third kappa shape index (κ3) is 6.46. The van der Waals surface area contributed by atoms with Crippen LogP contribution >= 0.6 is 0 Å². The van der Waals surface area contributed by atoms with E-state index in [1.54, 1.807) is 0 Å². The molecular formula is C14H25NO. The van der Waals surface area contributed by atoms with Crippen molar-refractivity contribution >= 4 is 0 Å². The first kappa shape index (κ1) is 15.0.